The Bertz CT molecular complexity index is 430. The molecule has 0 saturated carbocycles. The van der Waals surface area contributed by atoms with Crippen LogP contribution in [0.1, 0.15) is 31.2 Å². The topological polar surface area (TPSA) is 74.6 Å². The fraction of sp³-hybridized carbons (Fsp3) is 0.462. The molecule has 0 amide bonds. The molecule has 0 fully saturated rings. The number of hydrogen-bond donors (Lipinski definition) is 2. The van der Waals surface area contributed by atoms with Gasteiger partial charge in [0.2, 0.25) is 7.37 Å². The van der Waals surface area contributed by atoms with Crippen molar-refractivity contribution < 1.29 is 19.4 Å². The van der Waals surface area contributed by atoms with E-state index >= 15 is 0 Å². The number of benzene rings is 1. The van der Waals surface area contributed by atoms with Crippen molar-refractivity contribution in [3.05, 3.63) is 35.9 Å². The fourth-order valence-corrected chi connectivity index (χ4v) is 3.72. The van der Waals surface area contributed by atoms with Gasteiger partial charge < -0.3 is 10.00 Å². The van der Waals surface area contributed by atoms with Crippen LogP contribution in [0.4, 0.5) is 0 Å². The number of unbranched alkanes of at least 4 members (excludes halogenated alkanes) is 1. The number of hydrogen-bond acceptors (Lipinski definition) is 2. The van der Waals surface area contributed by atoms with Crippen LogP contribution < -0.4 is 0 Å². The van der Waals surface area contributed by atoms with E-state index in [1.807, 2.05) is 6.92 Å². The van der Waals surface area contributed by atoms with Gasteiger partial charge in [-0.1, -0.05) is 43.7 Å². The minimum absolute atomic E-state index is 0.188. The Balaban J connectivity index is 2.82. The molecule has 1 rings (SSSR count). The predicted molar refractivity (Wildman–Crippen MR) is 71.3 cm³/mol. The largest absolute Gasteiger partial charge is 0.481 e. The van der Waals surface area contributed by atoms with Crippen molar-refractivity contribution in [1.29, 1.82) is 0 Å². The highest BCUT2D eigenvalue weighted by atomic mass is 31.2. The summed E-state index contributed by atoms with van der Waals surface area (Å²) in [5.74, 6) is -1.95. The number of aliphatic carboxylic acids is 1. The molecule has 0 aliphatic heterocycles. The van der Waals surface area contributed by atoms with Gasteiger partial charge in [-0.2, -0.15) is 0 Å². The van der Waals surface area contributed by atoms with Gasteiger partial charge in [0.05, 0.1) is 5.92 Å². The quantitative estimate of drug-likeness (QED) is 0.747. The van der Waals surface area contributed by atoms with Crippen molar-refractivity contribution in [2.24, 2.45) is 0 Å². The first-order valence-electron chi connectivity index (χ1n) is 6.05. The second-order valence-electron chi connectivity index (χ2n) is 4.41. The maximum Gasteiger partial charge on any atom is 0.311 e. The monoisotopic (exact) mass is 270 g/mol. The van der Waals surface area contributed by atoms with Gasteiger partial charge in [-0.25, -0.2) is 0 Å². The number of carboxylic acid groups (broad SMARTS) is 1. The molecule has 2 atom stereocenters. The van der Waals surface area contributed by atoms with E-state index in [9.17, 15) is 19.4 Å². The summed E-state index contributed by atoms with van der Waals surface area (Å²) >= 11 is 0. The highest BCUT2D eigenvalue weighted by Gasteiger charge is 2.29. The second-order valence-corrected chi connectivity index (χ2v) is 6.91. The standard InChI is InChI=1S/C13H19O4P/c1-2-3-9-18(16,17)10-12(13(14)15)11-7-5-4-6-8-11/h4-8,12H,2-3,9-10H2,1H3,(H,14,15)(H,16,17). The van der Waals surface area contributed by atoms with Crippen molar-refractivity contribution in [2.45, 2.75) is 25.7 Å². The van der Waals surface area contributed by atoms with Crippen LogP contribution in [0.3, 0.4) is 0 Å². The van der Waals surface area contributed by atoms with Crippen molar-refractivity contribution in [1.82, 2.24) is 0 Å². The van der Waals surface area contributed by atoms with E-state index in [2.05, 4.69) is 0 Å². The van der Waals surface area contributed by atoms with Crippen molar-refractivity contribution in [3.63, 3.8) is 0 Å². The first-order valence-corrected chi connectivity index (χ1v) is 8.08. The zero-order chi connectivity index (χ0) is 13.6. The molecule has 0 bridgehead atoms. The minimum Gasteiger partial charge on any atom is -0.481 e. The zero-order valence-electron chi connectivity index (χ0n) is 10.5. The van der Waals surface area contributed by atoms with Gasteiger partial charge in [-0.15, -0.1) is 0 Å². The lowest BCUT2D eigenvalue weighted by Gasteiger charge is -2.17. The smallest absolute Gasteiger partial charge is 0.311 e. The third kappa shape index (κ3) is 4.63. The van der Waals surface area contributed by atoms with Gasteiger partial charge in [0.15, 0.2) is 0 Å². The van der Waals surface area contributed by atoms with Crippen LogP contribution in [0.2, 0.25) is 0 Å². The Kier molecular flexibility index (Phi) is 5.57. The number of carboxylic acids is 1. The van der Waals surface area contributed by atoms with Crippen LogP contribution >= 0.6 is 7.37 Å². The summed E-state index contributed by atoms with van der Waals surface area (Å²) in [5, 5.41) is 9.18. The third-order valence-electron chi connectivity index (χ3n) is 2.83. The molecule has 0 radical (unpaired) electrons. The van der Waals surface area contributed by atoms with E-state index in [-0.39, 0.29) is 12.3 Å². The summed E-state index contributed by atoms with van der Waals surface area (Å²) < 4.78 is 12.0. The Morgan fingerprint density at radius 2 is 1.94 bits per heavy atom. The normalized spacial score (nSPS) is 15.9. The van der Waals surface area contributed by atoms with Gasteiger partial charge in [0, 0.05) is 12.3 Å². The minimum atomic E-state index is -3.37. The van der Waals surface area contributed by atoms with E-state index in [1.165, 1.54) is 0 Å². The molecule has 18 heavy (non-hydrogen) atoms. The maximum absolute atomic E-state index is 12.0. The molecule has 0 heterocycles. The van der Waals surface area contributed by atoms with Crippen molar-refractivity contribution in [3.8, 4) is 0 Å². The molecular weight excluding hydrogens is 251 g/mol. The van der Waals surface area contributed by atoms with Crippen LogP contribution in [0, 0.1) is 0 Å². The molecule has 0 aliphatic carbocycles. The second kappa shape index (κ2) is 6.72. The third-order valence-corrected chi connectivity index (χ3v) is 4.78. The van der Waals surface area contributed by atoms with Crippen LogP contribution in [0.15, 0.2) is 30.3 Å². The molecule has 1 aromatic carbocycles. The summed E-state index contributed by atoms with van der Waals surface area (Å²) in [4.78, 5) is 21.0. The van der Waals surface area contributed by atoms with Gasteiger partial charge in [0.1, 0.15) is 0 Å². The van der Waals surface area contributed by atoms with Crippen LogP contribution in [0.5, 0.6) is 0 Å². The highest BCUT2D eigenvalue weighted by molar-refractivity contribution is 7.58. The molecule has 0 saturated heterocycles. The first-order chi connectivity index (χ1) is 8.46. The van der Waals surface area contributed by atoms with E-state index < -0.39 is 19.3 Å². The highest BCUT2D eigenvalue weighted by Crippen LogP contribution is 2.45. The van der Waals surface area contributed by atoms with E-state index in [0.717, 1.165) is 6.42 Å². The lowest BCUT2D eigenvalue weighted by atomic mass is 10.0. The number of carbonyl (C=O) groups is 1. The molecule has 0 aromatic heterocycles. The molecule has 100 valence electrons. The van der Waals surface area contributed by atoms with Crippen LogP contribution in [-0.2, 0) is 9.36 Å². The molecule has 0 spiro atoms. The Labute approximate surface area is 107 Å². The summed E-state index contributed by atoms with van der Waals surface area (Å²) in [5.41, 5.74) is 0.579. The van der Waals surface area contributed by atoms with Crippen molar-refractivity contribution in [2.75, 3.05) is 12.3 Å². The zero-order valence-corrected chi connectivity index (χ0v) is 11.3. The fourth-order valence-electron chi connectivity index (χ4n) is 1.79. The van der Waals surface area contributed by atoms with E-state index in [1.54, 1.807) is 30.3 Å². The molecule has 2 N–H and O–H groups in total. The van der Waals surface area contributed by atoms with Crippen LogP contribution in [0.25, 0.3) is 0 Å². The van der Waals surface area contributed by atoms with Gasteiger partial charge in [-0.3, -0.25) is 9.36 Å². The predicted octanol–water partition coefficient (Wildman–Crippen LogP) is 2.93. The molecule has 0 aliphatic rings. The SMILES string of the molecule is CCCCP(=O)(O)CC(C(=O)O)c1ccccc1. The summed E-state index contributed by atoms with van der Waals surface area (Å²) in [7, 11) is -3.37. The average molecular weight is 270 g/mol. The molecule has 4 nitrogen and oxygen atoms in total. The van der Waals surface area contributed by atoms with E-state index in [4.69, 9.17) is 0 Å². The summed E-state index contributed by atoms with van der Waals surface area (Å²) in [6.07, 6.45) is 1.48. The molecule has 5 heteroatoms. The Morgan fingerprint density at radius 3 is 2.44 bits per heavy atom. The number of rotatable bonds is 7. The van der Waals surface area contributed by atoms with E-state index in [0.29, 0.717) is 12.0 Å². The summed E-state index contributed by atoms with van der Waals surface area (Å²) in [6, 6.07) is 8.62. The summed E-state index contributed by atoms with van der Waals surface area (Å²) in [6.45, 7) is 1.94. The van der Waals surface area contributed by atoms with Crippen molar-refractivity contribution >= 4 is 13.3 Å². The maximum atomic E-state index is 12.0. The first kappa shape index (κ1) is 14.9. The average Bonchev–Trinajstić information content (AvgIpc) is 2.34. The Morgan fingerprint density at radius 1 is 1.33 bits per heavy atom. The van der Waals surface area contributed by atoms with Gasteiger partial charge >= 0.3 is 5.97 Å². The lowest BCUT2D eigenvalue weighted by Crippen LogP contribution is -2.16. The molecular formula is C13H19O4P. The van der Waals surface area contributed by atoms with Gasteiger partial charge in [-0.05, 0) is 12.0 Å². The molecule has 1 aromatic rings. The lowest BCUT2D eigenvalue weighted by molar-refractivity contribution is -0.138. The van der Waals surface area contributed by atoms with Gasteiger partial charge in [0.25, 0.3) is 0 Å². The van der Waals surface area contributed by atoms with Crippen LogP contribution in [-0.4, -0.2) is 28.3 Å². The molecule has 2 unspecified atom stereocenters. The Hall–Kier alpha value is -1.12.